The molecule has 0 aliphatic carbocycles. The number of carbonyl (C=O) groups excluding carboxylic acids is 3. The van der Waals surface area contributed by atoms with E-state index in [4.69, 9.17) is 4.74 Å². The first kappa shape index (κ1) is 19.1. The molecule has 2 amide bonds. The predicted octanol–water partition coefficient (Wildman–Crippen LogP) is 2.35. The van der Waals surface area contributed by atoms with Gasteiger partial charge in [0.25, 0.3) is 11.8 Å². The summed E-state index contributed by atoms with van der Waals surface area (Å²) in [6.45, 7) is 2.91. The molecule has 0 aliphatic heterocycles. The summed E-state index contributed by atoms with van der Waals surface area (Å²) in [5.74, 6) is -2.42. The van der Waals surface area contributed by atoms with Gasteiger partial charge < -0.3 is 15.4 Å². The number of halogens is 1. The molecule has 0 heterocycles. The molecule has 0 saturated carbocycles. The van der Waals surface area contributed by atoms with Crippen molar-refractivity contribution in [1.29, 1.82) is 0 Å². The van der Waals surface area contributed by atoms with Gasteiger partial charge in [-0.3, -0.25) is 14.4 Å². The zero-order chi connectivity index (χ0) is 19.1. The van der Waals surface area contributed by atoms with Gasteiger partial charge >= 0.3 is 5.97 Å². The molecule has 0 atom stereocenters. The standard InChI is InChI=1S/C19H19FN2O4/c1-12-6-7-16(13(2)8-12)22-17(23)11-26-18(24)10-21-19(25)14-4-3-5-15(20)9-14/h3-9H,10-11H2,1-2H3,(H,21,25)(H,22,23). The Morgan fingerprint density at radius 3 is 2.54 bits per heavy atom. The Bertz CT molecular complexity index is 836. The van der Waals surface area contributed by atoms with Crippen LogP contribution in [0, 0.1) is 19.7 Å². The minimum atomic E-state index is -0.773. The van der Waals surface area contributed by atoms with E-state index in [1.807, 2.05) is 26.0 Å². The molecule has 136 valence electrons. The Balaban J connectivity index is 1.76. The molecule has 0 unspecified atom stereocenters. The second-order valence-corrected chi connectivity index (χ2v) is 5.72. The lowest BCUT2D eigenvalue weighted by Crippen LogP contribution is -2.32. The fourth-order valence-electron chi connectivity index (χ4n) is 2.22. The van der Waals surface area contributed by atoms with Gasteiger partial charge in [0, 0.05) is 11.3 Å². The number of rotatable bonds is 6. The Labute approximate surface area is 150 Å². The summed E-state index contributed by atoms with van der Waals surface area (Å²) < 4.78 is 17.9. The molecule has 0 spiro atoms. The topological polar surface area (TPSA) is 84.5 Å². The van der Waals surface area contributed by atoms with Crippen molar-refractivity contribution in [2.24, 2.45) is 0 Å². The minimum absolute atomic E-state index is 0.0883. The van der Waals surface area contributed by atoms with E-state index >= 15 is 0 Å². The maximum Gasteiger partial charge on any atom is 0.325 e. The maximum absolute atomic E-state index is 13.0. The van der Waals surface area contributed by atoms with Crippen LogP contribution in [0.25, 0.3) is 0 Å². The lowest BCUT2D eigenvalue weighted by molar-refractivity contribution is -0.146. The van der Waals surface area contributed by atoms with Crippen molar-refractivity contribution in [1.82, 2.24) is 5.32 Å². The van der Waals surface area contributed by atoms with Crippen molar-refractivity contribution in [3.05, 3.63) is 65.0 Å². The SMILES string of the molecule is Cc1ccc(NC(=O)COC(=O)CNC(=O)c2cccc(F)c2)c(C)c1. The van der Waals surface area contributed by atoms with Gasteiger partial charge in [0.15, 0.2) is 6.61 Å². The number of anilines is 1. The monoisotopic (exact) mass is 358 g/mol. The number of amides is 2. The largest absolute Gasteiger partial charge is 0.454 e. The molecular formula is C19H19FN2O4. The molecule has 6 nitrogen and oxygen atoms in total. The van der Waals surface area contributed by atoms with Crippen molar-refractivity contribution < 1.29 is 23.5 Å². The molecule has 0 aliphatic rings. The molecule has 0 fully saturated rings. The van der Waals surface area contributed by atoms with Crippen LogP contribution in [-0.2, 0) is 14.3 Å². The quantitative estimate of drug-likeness (QED) is 0.777. The summed E-state index contributed by atoms with van der Waals surface area (Å²) in [6.07, 6.45) is 0. The number of nitrogens with one attached hydrogen (secondary N) is 2. The van der Waals surface area contributed by atoms with E-state index in [1.165, 1.54) is 18.2 Å². The summed E-state index contributed by atoms with van der Waals surface area (Å²) in [5, 5.41) is 4.95. The first-order valence-electron chi connectivity index (χ1n) is 7.91. The van der Waals surface area contributed by atoms with Crippen LogP contribution in [0.4, 0.5) is 10.1 Å². The Morgan fingerprint density at radius 1 is 1.08 bits per heavy atom. The van der Waals surface area contributed by atoms with Gasteiger partial charge in [0.1, 0.15) is 12.4 Å². The second-order valence-electron chi connectivity index (χ2n) is 5.72. The molecule has 2 rings (SSSR count). The molecule has 0 bridgehead atoms. The van der Waals surface area contributed by atoms with Gasteiger partial charge in [0.05, 0.1) is 0 Å². The first-order chi connectivity index (χ1) is 12.3. The highest BCUT2D eigenvalue weighted by Crippen LogP contribution is 2.15. The van der Waals surface area contributed by atoms with Crippen LogP contribution in [0.3, 0.4) is 0 Å². The fourth-order valence-corrected chi connectivity index (χ4v) is 2.22. The van der Waals surface area contributed by atoms with E-state index in [0.29, 0.717) is 5.69 Å². The van der Waals surface area contributed by atoms with Crippen LogP contribution >= 0.6 is 0 Å². The van der Waals surface area contributed by atoms with Crippen molar-refractivity contribution >= 4 is 23.5 Å². The molecule has 2 aromatic rings. The fraction of sp³-hybridized carbons (Fsp3) is 0.211. The number of ether oxygens (including phenoxy) is 1. The smallest absolute Gasteiger partial charge is 0.325 e. The summed E-state index contributed by atoms with van der Waals surface area (Å²) in [5.41, 5.74) is 2.69. The zero-order valence-electron chi connectivity index (χ0n) is 14.5. The van der Waals surface area contributed by atoms with Gasteiger partial charge in [-0.05, 0) is 43.7 Å². The Morgan fingerprint density at radius 2 is 1.85 bits per heavy atom. The number of hydrogen-bond donors (Lipinski definition) is 2. The molecule has 0 saturated heterocycles. The van der Waals surface area contributed by atoms with E-state index in [-0.39, 0.29) is 5.56 Å². The number of aryl methyl sites for hydroxylation is 2. The van der Waals surface area contributed by atoms with Crippen molar-refractivity contribution in [2.75, 3.05) is 18.5 Å². The number of carbonyl (C=O) groups is 3. The van der Waals surface area contributed by atoms with Crippen molar-refractivity contribution in [2.45, 2.75) is 13.8 Å². The Hall–Kier alpha value is -3.22. The highest BCUT2D eigenvalue weighted by molar-refractivity contribution is 5.96. The highest BCUT2D eigenvalue weighted by atomic mass is 19.1. The van der Waals surface area contributed by atoms with Gasteiger partial charge in [-0.15, -0.1) is 0 Å². The maximum atomic E-state index is 13.0. The summed E-state index contributed by atoms with van der Waals surface area (Å²) in [7, 11) is 0. The predicted molar refractivity (Wildman–Crippen MR) is 94.2 cm³/mol. The summed E-state index contributed by atoms with van der Waals surface area (Å²) >= 11 is 0. The van der Waals surface area contributed by atoms with Crippen LogP contribution < -0.4 is 10.6 Å². The van der Waals surface area contributed by atoms with Gasteiger partial charge in [-0.2, -0.15) is 0 Å². The molecule has 0 aromatic heterocycles. The number of benzene rings is 2. The molecule has 0 radical (unpaired) electrons. The molecule has 7 heteroatoms. The van der Waals surface area contributed by atoms with E-state index < -0.39 is 36.8 Å². The van der Waals surface area contributed by atoms with E-state index in [9.17, 15) is 18.8 Å². The van der Waals surface area contributed by atoms with Crippen LogP contribution in [0.5, 0.6) is 0 Å². The average Bonchev–Trinajstić information content (AvgIpc) is 2.60. The molecule has 2 N–H and O–H groups in total. The second kappa shape index (κ2) is 8.75. The van der Waals surface area contributed by atoms with E-state index in [2.05, 4.69) is 10.6 Å². The van der Waals surface area contributed by atoms with Gasteiger partial charge in [-0.1, -0.05) is 23.8 Å². The average molecular weight is 358 g/mol. The molecular weight excluding hydrogens is 339 g/mol. The first-order valence-corrected chi connectivity index (χ1v) is 7.91. The lowest BCUT2D eigenvalue weighted by Gasteiger charge is -2.10. The third-order valence-corrected chi connectivity index (χ3v) is 3.50. The van der Waals surface area contributed by atoms with E-state index in [0.717, 1.165) is 17.2 Å². The van der Waals surface area contributed by atoms with Gasteiger partial charge in [0.2, 0.25) is 0 Å². The Kier molecular flexibility index (Phi) is 6.43. The van der Waals surface area contributed by atoms with Crippen molar-refractivity contribution in [3.63, 3.8) is 0 Å². The third kappa shape index (κ3) is 5.70. The van der Waals surface area contributed by atoms with E-state index in [1.54, 1.807) is 6.07 Å². The van der Waals surface area contributed by atoms with Crippen LogP contribution in [0.15, 0.2) is 42.5 Å². The number of hydrogen-bond acceptors (Lipinski definition) is 4. The van der Waals surface area contributed by atoms with Crippen LogP contribution in [0.1, 0.15) is 21.5 Å². The zero-order valence-corrected chi connectivity index (χ0v) is 14.5. The summed E-state index contributed by atoms with van der Waals surface area (Å²) in [6, 6.07) is 10.6. The molecule has 2 aromatic carbocycles. The third-order valence-electron chi connectivity index (χ3n) is 3.50. The van der Waals surface area contributed by atoms with Gasteiger partial charge in [-0.25, -0.2) is 4.39 Å². The minimum Gasteiger partial charge on any atom is -0.454 e. The summed E-state index contributed by atoms with van der Waals surface area (Å²) in [4.78, 5) is 35.2. The van der Waals surface area contributed by atoms with Crippen LogP contribution in [-0.4, -0.2) is 30.9 Å². The van der Waals surface area contributed by atoms with Crippen molar-refractivity contribution in [3.8, 4) is 0 Å². The molecule has 26 heavy (non-hydrogen) atoms. The van der Waals surface area contributed by atoms with Crippen LogP contribution in [0.2, 0.25) is 0 Å². The highest BCUT2D eigenvalue weighted by Gasteiger charge is 2.12. The normalized spacial score (nSPS) is 10.1. The lowest BCUT2D eigenvalue weighted by atomic mass is 10.1. The number of esters is 1.